The van der Waals surface area contributed by atoms with Crippen LogP contribution in [0.5, 0.6) is 0 Å². The maximum atomic E-state index is 2.63. The van der Waals surface area contributed by atoms with E-state index in [1.807, 2.05) is 11.3 Å². The molecule has 0 N–H and O–H groups in total. The molecule has 18 heavy (non-hydrogen) atoms. The van der Waals surface area contributed by atoms with E-state index in [0.29, 0.717) is 6.04 Å². The summed E-state index contributed by atoms with van der Waals surface area (Å²) in [6.45, 7) is 10.6. The number of thiophene rings is 1. The highest BCUT2D eigenvalue weighted by Gasteiger charge is 2.35. The highest BCUT2D eigenvalue weighted by Crippen LogP contribution is 2.29. The quantitative estimate of drug-likeness (QED) is 0.826. The summed E-state index contributed by atoms with van der Waals surface area (Å²) in [7, 11) is 4.44. The summed E-state index contributed by atoms with van der Waals surface area (Å²) in [5.74, 6) is 1.58. The molecule has 2 rings (SSSR count). The Hall–Kier alpha value is -0.380. The van der Waals surface area contributed by atoms with E-state index in [1.165, 1.54) is 23.5 Å². The van der Waals surface area contributed by atoms with Crippen molar-refractivity contribution in [3.05, 3.63) is 21.9 Å². The van der Waals surface area contributed by atoms with Crippen molar-refractivity contribution >= 4 is 11.3 Å². The first-order chi connectivity index (χ1) is 8.49. The molecule has 102 valence electrons. The van der Waals surface area contributed by atoms with Crippen molar-refractivity contribution in [2.45, 2.75) is 33.4 Å². The van der Waals surface area contributed by atoms with E-state index < -0.39 is 0 Å². The van der Waals surface area contributed by atoms with Crippen molar-refractivity contribution in [1.82, 2.24) is 9.80 Å². The zero-order valence-electron chi connectivity index (χ0n) is 12.3. The third kappa shape index (κ3) is 2.95. The summed E-state index contributed by atoms with van der Waals surface area (Å²) < 4.78 is 0. The molecule has 0 spiro atoms. The van der Waals surface area contributed by atoms with E-state index in [0.717, 1.165) is 18.4 Å². The molecule has 0 radical (unpaired) electrons. The van der Waals surface area contributed by atoms with Gasteiger partial charge in [0.05, 0.1) is 0 Å². The van der Waals surface area contributed by atoms with Crippen LogP contribution >= 0.6 is 11.3 Å². The van der Waals surface area contributed by atoms with Gasteiger partial charge in [0.25, 0.3) is 0 Å². The average Bonchev–Trinajstić information content (AvgIpc) is 2.87. The SMILES string of the molecule is Cc1ccsc1CN1C[C@@H](N(C)C)[C@H](C(C)C)C1. The Morgan fingerprint density at radius 3 is 2.56 bits per heavy atom. The number of hydrogen-bond donors (Lipinski definition) is 0. The van der Waals surface area contributed by atoms with Crippen LogP contribution in [-0.4, -0.2) is 43.0 Å². The Labute approximate surface area is 116 Å². The van der Waals surface area contributed by atoms with E-state index >= 15 is 0 Å². The Morgan fingerprint density at radius 2 is 2.11 bits per heavy atom. The van der Waals surface area contributed by atoms with E-state index in [9.17, 15) is 0 Å². The normalized spacial score (nSPS) is 25.5. The van der Waals surface area contributed by atoms with Crippen molar-refractivity contribution in [2.24, 2.45) is 11.8 Å². The fourth-order valence-electron chi connectivity index (χ4n) is 2.99. The molecule has 1 aliphatic rings. The van der Waals surface area contributed by atoms with Crippen molar-refractivity contribution in [1.29, 1.82) is 0 Å². The smallest absolute Gasteiger partial charge is 0.0331 e. The summed E-state index contributed by atoms with van der Waals surface area (Å²) >= 11 is 1.90. The second-order valence-electron chi connectivity index (χ2n) is 6.16. The average molecular weight is 266 g/mol. The van der Waals surface area contributed by atoms with Crippen LogP contribution in [0.3, 0.4) is 0 Å². The minimum absolute atomic E-state index is 0.713. The molecule has 1 aromatic rings. The molecule has 0 unspecified atom stereocenters. The number of hydrogen-bond acceptors (Lipinski definition) is 3. The van der Waals surface area contributed by atoms with Crippen LogP contribution in [0.2, 0.25) is 0 Å². The zero-order valence-corrected chi connectivity index (χ0v) is 13.1. The van der Waals surface area contributed by atoms with Gasteiger partial charge >= 0.3 is 0 Å². The minimum Gasteiger partial charge on any atom is -0.305 e. The second kappa shape index (κ2) is 5.72. The zero-order chi connectivity index (χ0) is 13.3. The van der Waals surface area contributed by atoms with Gasteiger partial charge < -0.3 is 4.90 Å². The molecule has 2 heterocycles. The second-order valence-corrected chi connectivity index (χ2v) is 7.16. The Kier molecular flexibility index (Phi) is 4.46. The van der Waals surface area contributed by atoms with E-state index in [1.54, 1.807) is 0 Å². The topological polar surface area (TPSA) is 6.48 Å². The van der Waals surface area contributed by atoms with Gasteiger partial charge in [-0.1, -0.05) is 13.8 Å². The molecule has 0 aliphatic carbocycles. The number of likely N-dealkylation sites (tertiary alicyclic amines) is 1. The number of aryl methyl sites for hydroxylation is 1. The van der Waals surface area contributed by atoms with Crippen molar-refractivity contribution in [3.63, 3.8) is 0 Å². The van der Waals surface area contributed by atoms with Gasteiger partial charge in [0.15, 0.2) is 0 Å². The third-order valence-electron chi connectivity index (χ3n) is 4.26. The molecule has 1 aliphatic heterocycles. The molecule has 2 atom stereocenters. The van der Waals surface area contributed by atoms with Crippen LogP contribution in [0.1, 0.15) is 24.3 Å². The molecule has 3 heteroatoms. The molecule has 0 amide bonds. The van der Waals surface area contributed by atoms with Crippen LogP contribution in [-0.2, 0) is 6.54 Å². The van der Waals surface area contributed by atoms with E-state index in [-0.39, 0.29) is 0 Å². The van der Waals surface area contributed by atoms with Gasteiger partial charge in [0.2, 0.25) is 0 Å². The molecule has 1 aromatic heterocycles. The van der Waals surface area contributed by atoms with E-state index in [4.69, 9.17) is 0 Å². The Bertz CT molecular complexity index is 368. The van der Waals surface area contributed by atoms with Crippen LogP contribution in [0.25, 0.3) is 0 Å². The minimum atomic E-state index is 0.713. The maximum Gasteiger partial charge on any atom is 0.0331 e. The summed E-state index contributed by atoms with van der Waals surface area (Å²) in [5, 5.41) is 2.21. The van der Waals surface area contributed by atoms with Crippen LogP contribution < -0.4 is 0 Å². The van der Waals surface area contributed by atoms with Gasteiger partial charge in [-0.25, -0.2) is 0 Å². The van der Waals surface area contributed by atoms with Gasteiger partial charge in [0, 0.05) is 30.6 Å². The maximum absolute atomic E-state index is 2.63. The lowest BCUT2D eigenvalue weighted by atomic mass is 9.91. The first-order valence-electron chi connectivity index (χ1n) is 6.90. The Balaban J connectivity index is 2.02. The molecule has 0 aromatic carbocycles. The van der Waals surface area contributed by atoms with Crippen LogP contribution in [0.15, 0.2) is 11.4 Å². The first kappa shape index (κ1) is 14.0. The van der Waals surface area contributed by atoms with Crippen molar-refractivity contribution in [3.8, 4) is 0 Å². The fraction of sp³-hybridized carbons (Fsp3) is 0.733. The summed E-state index contributed by atoms with van der Waals surface area (Å²) in [5.41, 5.74) is 1.45. The lowest BCUT2D eigenvalue weighted by Crippen LogP contribution is -2.37. The highest BCUT2D eigenvalue weighted by atomic mass is 32.1. The summed E-state index contributed by atoms with van der Waals surface area (Å²) in [4.78, 5) is 6.58. The van der Waals surface area contributed by atoms with Gasteiger partial charge in [-0.15, -0.1) is 11.3 Å². The lowest BCUT2D eigenvalue weighted by Gasteiger charge is -2.27. The highest BCUT2D eigenvalue weighted by molar-refractivity contribution is 7.10. The molecule has 1 saturated heterocycles. The predicted molar refractivity (Wildman–Crippen MR) is 80.1 cm³/mol. The summed E-state index contributed by atoms with van der Waals surface area (Å²) in [6, 6.07) is 2.95. The number of likely N-dealkylation sites (N-methyl/N-ethyl adjacent to an activating group) is 1. The van der Waals surface area contributed by atoms with Crippen molar-refractivity contribution < 1.29 is 0 Å². The van der Waals surface area contributed by atoms with Crippen LogP contribution in [0.4, 0.5) is 0 Å². The fourth-order valence-corrected chi connectivity index (χ4v) is 3.94. The van der Waals surface area contributed by atoms with E-state index in [2.05, 4.69) is 56.1 Å². The van der Waals surface area contributed by atoms with Crippen LogP contribution in [0, 0.1) is 18.8 Å². The largest absolute Gasteiger partial charge is 0.305 e. The first-order valence-corrected chi connectivity index (χ1v) is 7.78. The summed E-state index contributed by atoms with van der Waals surface area (Å²) in [6.07, 6.45) is 0. The third-order valence-corrected chi connectivity index (χ3v) is 5.27. The number of nitrogens with zero attached hydrogens (tertiary/aromatic N) is 2. The standard InChI is InChI=1S/C15H26N2S/c1-11(2)13-8-17(9-14(13)16(4)5)10-15-12(3)6-7-18-15/h6-7,11,13-14H,8-10H2,1-5H3/t13-,14+/m0/s1. The Morgan fingerprint density at radius 1 is 1.39 bits per heavy atom. The van der Waals surface area contributed by atoms with Gasteiger partial charge in [-0.2, -0.15) is 0 Å². The molecular formula is C15H26N2S. The number of rotatable bonds is 4. The molecule has 0 saturated carbocycles. The van der Waals surface area contributed by atoms with Gasteiger partial charge in [-0.3, -0.25) is 4.90 Å². The van der Waals surface area contributed by atoms with Gasteiger partial charge in [-0.05, 0) is 49.9 Å². The molecular weight excluding hydrogens is 240 g/mol. The molecule has 2 nitrogen and oxygen atoms in total. The molecule has 1 fully saturated rings. The lowest BCUT2D eigenvalue weighted by molar-refractivity contribution is 0.215. The molecule has 0 bridgehead atoms. The van der Waals surface area contributed by atoms with Crippen molar-refractivity contribution in [2.75, 3.05) is 27.2 Å². The van der Waals surface area contributed by atoms with Gasteiger partial charge in [0.1, 0.15) is 0 Å². The monoisotopic (exact) mass is 266 g/mol. The predicted octanol–water partition coefficient (Wildman–Crippen LogP) is 3.07.